The van der Waals surface area contributed by atoms with Crippen molar-refractivity contribution in [3.05, 3.63) is 63.7 Å². The maximum Gasteiger partial charge on any atom is 0.262 e. The number of benzene rings is 1. The van der Waals surface area contributed by atoms with Crippen LogP contribution in [0.15, 0.2) is 42.7 Å². The van der Waals surface area contributed by atoms with Crippen molar-refractivity contribution in [1.29, 1.82) is 0 Å². The smallest absolute Gasteiger partial charge is 0.262 e. The molecule has 4 rings (SSSR count). The average molecular weight is 391 g/mol. The van der Waals surface area contributed by atoms with Gasteiger partial charge in [0.1, 0.15) is 0 Å². The third kappa shape index (κ3) is 3.20. The molecule has 5 nitrogen and oxygen atoms in total. The van der Waals surface area contributed by atoms with Crippen molar-refractivity contribution < 1.29 is 14.6 Å². The number of carbonyl (C=O) groups excluding carboxylic acids is 1. The van der Waals surface area contributed by atoms with Crippen molar-refractivity contribution >= 4 is 33.8 Å². The van der Waals surface area contributed by atoms with Crippen LogP contribution in [0.5, 0.6) is 0 Å². The molecule has 1 aromatic carbocycles. The van der Waals surface area contributed by atoms with Crippen molar-refractivity contribution in [3.63, 3.8) is 0 Å². The number of morpholine rings is 1. The van der Waals surface area contributed by atoms with Crippen LogP contribution >= 0.6 is 22.9 Å². The van der Waals surface area contributed by atoms with Crippen LogP contribution in [-0.2, 0) is 4.74 Å². The first kappa shape index (κ1) is 17.4. The lowest BCUT2D eigenvalue weighted by Crippen LogP contribution is -2.42. The summed E-state index contributed by atoms with van der Waals surface area (Å²) in [5, 5.41) is 14.1. The number of halogens is 1. The predicted octanol–water partition coefficient (Wildman–Crippen LogP) is 3.55. The second kappa shape index (κ2) is 7.31. The van der Waals surface area contributed by atoms with Gasteiger partial charge in [-0.1, -0.05) is 23.7 Å². The van der Waals surface area contributed by atoms with Crippen LogP contribution < -0.4 is 10.2 Å². The number of hydrogen-bond acceptors (Lipinski definition) is 5. The quantitative estimate of drug-likeness (QED) is 0.787. The summed E-state index contributed by atoms with van der Waals surface area (Å²) in [5.74, 6) is -0.174. The van der Waals surface area contributed by atoms with Crippen LogP contribution in [0.4, 0.5) is 5.00 Å². The summed E-state index contributed by atoms with van der Waals surface area (Å²) in [4.78, 5) is 15.6. The van der Waals surface area contributed by atoms with E-state index in [4.69, 9.17) is 16.3 Å². The Morgan fingerprint density at radius 2 is 2.00 bits per heavy atom. The summed E-state index contributed by atoms with van der Waals surface area (Å²) in [6.45, 7) is 3.05. The number of hydrogen-bond donors (Lipinski definition) is 2. The third-order valence-electron chi connectivity index (χ3n) is 4.79. The molecule has 1 fully saturated rings. The Balaban J connectivity index is 1.78. The van der Waals surface area contributed by atoms with Gasteiger partial charge in [-0.25, -0.2) is 0 Å². The molecule has 2 unspecified atom stereocenters. The van der Waals surface area contributed by atoms with Gasteiger partial charge in [-0.15, -0.1) is 11.3 Å². The molecule has 1 saturated heterocycles. The topological polar surface area (TPSA) is 61.8 Å². The molecule has 136 valence electrons. The molecule has 2 atom stereocenters. The highest BCUT2D eigenvalue weighted by Gasteiger charge is 2.36. The van der Waals surface area contributed by atoms with Gasteiger partial charge in [0.05, 0.1) is 35.4 Å². The van der Waals surface area contributed by atoms with Crippen molar-refractivity contribution in [2.24, 2.45) is 0 Å². The molecule has 0 spiro atoms. The number of nitrogens with zero attached hydrogens (tertiary/aromatic N) is 1. The number of amides is 1. The minimum atomic E-state index is -0.312. The number of ether oxygens (including phenoxy) is 1. The second-order valence-corrected chi connectivity index (χ2v) is 7.81. The van der Waals surface area contributed by atoms with Gasteiger partial charge < -0.3 is 20.1 Å². The number of fused-ring (bicyclic) bond motifs is 1. The highest BCUT2D eigenvalue weighted by molar-refractivity contribution is 7.18. The van der Waals surface area contributed by atoms with E-state index in [0.717, 1.165) is 40.4 Å². The Morgan fingerprint density at radius 1 is 1.27 bits per heavy atom. The Kier molecular flexibility index (Phi) is 4.89. The average Bonchev–Trinajstić information content (AvgIpc) is 3.10. The van der Waals surface area contributed by atoms with Crippen LogP contribution in [0, 0.1) is 0 Å². The van der Waals surface area contributed by atoms with Crippen LogP contribution in [-0.4, -0.2) is 43.4 Å². The van der Waals surface area contributed by atoms with Crippen LogP contribution in [0.3, 0.4) is 0 Å². The van der Waals surface area contributed by atoms with Gasteiger partial charge in [-0.3, -0.25) is 4.79 Å². The van der Waals surface area contributed by atoms with E-state index in [9.17, 15) is 9.90 Å². The van der Waals surface area contributed by atoms with E-state index in [2.05, 4.69) is 16.3 Å². The Morgan fingerprint density at radius 3 is 2.69 bits per heavy atom. The number of rotatable bonds is 3. The first-order chi connectivity index (χ1) is 12.7. The maximum atomic E-state index is 12.6. The first-order valence-corrected chi connectivity index (χ1v) is 9.70. The molecule has 0 bridgehead atoms. The van der Waals surface area contributed by atoms with E-state index in [1.165, 1.54) is 11.3 Å². The summed E-state index contributed by atoms with van der Waals surface area (Å²) < 4.78 is 5.43. The molecule has 2 aromatic rings. The third-order valence-corrected chi connectivity index (χ3v) is 6.25. The van der Waals surface area contributed by atoms with Gasteiger partial charge in [0.15, 0.2) is 0 Å². The van der Waals surface area contributed by atoms with Gasteiger partial charge in [0.2, 0.25) is 0 Å². The van der Waals surface area contributed by atoms with Crippen LogP contribution in [0.25, 0.3) is 0 Å². The zero-order valence-electron chi connectivity index (χ0n) is 14.0. The Bertz CT molecular complexity index is 828. The molecule has 2 aliphatic rings. The highest BCUT2D eigenvalue weighted by Crippen LogP contribution is 2.42. The molecular weight excluding hydrogens is 372 g/mol. The SMILES string of the molecule is O=C1NC(/C=C/O)C(c2ccc(Cl)cc2)c2cc(N3CCOCC3)sc21. The summed E-state index contributed by atoms with van der Waals surface area (Å²) in [7, 11) is 0. The number of anilines is 1. The molecular formula is C19H19ClN2O3S. The fraction of sp³-hybridized carbons (Fsp3) is 0.316. The van der Waals surface area contributed by atoms with E-state index >= 15 is 0 Å². The van der Waals surface area contributed by atoms with Gasteiger partial charge in [0.25, 0.3) is 5.91 Å². The van der Waals surface area contributed by atoms with Gasteiger partial charge >= 0.3 is 0 Å². The van der Waals surface area contributed by atoms with Gasteiger partial charge in [-0.2, -0.15) is 0 Å². The number of aliphatic hydroxyl groups excluding tert-OH is 1. The molecule has 2 N–H and O–H groups in total. The van der Waals surface area contributed by atoms with Crippen LogP contribution in [0.1, 0.15) is 26.7 Å². The molecule has 26 heavy (non-hydrogen) atoms. The summed E-state index contributed by atoms with van der Waals surface area (Å²) in [6.07, 6.45) is 2.61. The van der Waals surface area contributed by atoms with Crippen molar-refractivity contribution in [2.45, 2.75) is 12.0 Å². The van der Waals surface area contributed by atoms with E-state index in [-0.39, 0.29) is 17.9 Å². The minimum Gasteiger partial charge on any atom is -0.516 e. The lowest BCUT2D eigenvalue weighted by molar-refractivity contribution is 0.0934. The monoisotopic (exact) mass is 390 g/mol. The minimum absolute atomic E-state index is 0.0746. The summed E-state index contributed by atoms with van der Waals surface area (Å²) in [6, 6.07) is 9.44. The molecule has 0 radical (unpaired) electrons. The lowest BCUT2D eigenvalue weighted by Gasteiger charge is -2.30. The predicted molar refractivity (Wildman–Crippen MR) is 104 cm³/mol. The van der Waals surface area contributed by atoms with E-state index in [1.54, 1.807) is 6.08 Å². The molecule has 1 amide bonds. The molecule has 0 saturated carbocycles. The van der Waals surface area contributed by atoms with E-state index in [1.807, 2.05) is 24.3 Å². The molecule has 2 aliphatic heterocycles. The molecule has 7 heteroatoms. The number of nitrogens with one attached hydrogen (secondary N) is 1. The van der Waals surface area contributed by atoms with Crippen molar-refractivity contribution in [2.75, 3.05) is 31.2 Å². The fourth-order valence-corrected chi connectivity index (χ4v) is 4.83. The second-order valence-electron chi connectivity index (χ2n) is 6.34. The Labute approximate surface area is 160 Å². The van der Waals surface area contributed by atoms with Gasteiger partial charge in [-0.05, 0) is 35.4 Å². The fourth-order valence-electron chi connectivity index (χ4n) is 3.54. The maximum absolute atomic E-state index is 12.6. The zero-order chi connectivity index (χ0) is 18.1. The highest BCUT2D eigenvalue weighted by atomic mass is 35.5. The lowest BCUT2D eigenvalue weighted by atomic mass is 9.82. The Hall–Kier alpha value is -2.02. The number of thiophene rings is 1. The molecule has 0 aliphatic carbocycles. The number of aliphatic hydroxyl groups is 1. The normalized spacial score (nSPS) is 23.1. The standard InChI is InChI=1S/C19H19ClN2O3S/c20-13-3-1-12(2-4-13)17-14-11-16(22-6-9-25-10-7-22)26-18(14)19(24)21-15(17)5-8-23/h1-5,8,11,15,17,23H,6-7,9-10H2,(H,21,24)/b8-5+. The summed E-state index contributed by atoms with van der Waals surface area (Å²) >= 11 is 7.55. The zero-order valence-corrected chi connectivity index (χ0v) is 15.6. The molecule has 1 aromatic heterocycles. The first-order valence-electron chi connectivity index (χ1n) is 8.51. The number of carbonyl (C=O) groups is 1. The molecule has 3 heterocycles. The van der Waals surface area contributed by atoms with E-state index < -0.39 is 0 Å². The van der Waals surface area contributed by atoms with Crippen molar-refractivity contribution in [1.82, 2.24) is 5.32 Å². The largest absolute Gasteiger partial charge is 0.516 e. The van der Waals surface area contributed by atoms with Crippen molar-refractivity contribution in [3.8, 4) is 0 Å². The van der Waals surface area contributed by atoms with E-state index in [0.29, 0.717) is 18.2 Å². The summed E-state index contributed by atoms with van der Waals surface area (Å²) in [5.41, 5.74) is 2.04. The van der Waals surface area contributed by atoms with Crippen LogP contribution in [0.2, 0.25) is 5.02 Å². The van der Waals surface area contributed by atoms with Gasteiger partial charge in [0, 0.05) is 24.0 Å².